The van der Waals surface area contributed by atoms with E-state index in [9.17, 15) is 5.11 Å². The van der Waals surface area contributed by atoms with Crippen LogP contribution in [0.4, 0.5) is 0 Å². The summed E-state index contributed by atoms with van der Waals surface area (Å²) in [4.78, 5) is 0. The summed E-state index contributed by atoms with van der Waals surface area (Å²) in [7, 11) is 2.00. The molecule has 0 fully saturated rings. The molecule has 0 saturated heterocycles. The van der Waals surface area contributed by atoms with Crippen LogP contribution in [0, 0.1) is 0 Å². The first-order chi connectivity index (χ1) is 7.60. The monoisotopic (exact) mass is 225 g/mol. The minimum absolute atomic E-state index is 0.299. The summed E-state index contributed by atoms with van der Waals surface area (Å²) in [5.41, 5.74) is 3.75. The molecule has 1 heterocycles. The normalized spacial score (nSPS) is 13.1. The second kappa shape index (κ2) is 6.01. The van der Waals surface area contributed by atoms with E-state index in [0.717, 1.165) is 25.1 Å². The molecule has 0 amide bonds. The van der Waals surface area contributed by atoms with Gasteiger partial charge in [-0.3, -0.25) is 4.68 Å². The molecule has 16 heavy (non-hydrogen) atoms. The smallest absolute Gasteiger partial charge is 0.0669 e. The van der Waals surface area contributed by atoms with Crippen molar-refractivity contribution in [2.24, 2.45) is 7.05 Å². The Balaban J connectivity index is 2.75. The van der Waals surface area contributed by atoms with Crippen molar-refractivity contribution >= 4 is 0 Å². The SMILES string of the molecule is CCc1nn(C)c(CC)c1CNC[C@@H](C)O. The maximum atomic E-state index is 9.21. The lowest BCUT2D eigenvalue weighted by Gasteiger charge is -2.08. The fraction of sp³-hybridized carbons (Fsp3) is 0.750. The van der Waals surface area contributed by atoms with E-state index in [1.54, 1.807) is 6.92 Å². The molecule has 1 rings (SSSR count). The molecule has 0 aliphatic rings. The third-order valence-corrected chi connectivity index (χ3v) is 2.77. The summed E-state index contributed by atoms with van der Waals surface area (Å²) in [5, 5.41) is 17.0. The Morgan fingerprint density at radius 2 is 2.06 bits per heavy atom. The highest BCUT2D eigenvalue weighted by Crippen LogP contribution is 2.14. The maximum absolute atomic E-state index is 9.21. The van der Waals surface area contributed by atoms with Gasteiger partial charge in [-0.15, -0.1) is 0 Å². The van der Waals surface area contributed by atoms with Crippen molar-refractivity contribution in [3.63, 3.8) is 0 Å². The molecule has 1 aromatic rings. The van der Waals surface area contributed by atoms with Crippen LogP contribution < -0.4 is 5.32 Å². The van der Waals surface area contributed by atoms with Gasteiger partial charge in [-0.25, -0.2) is 0 Å². The van der Waals surface area contributed by atoms with Crippen LogP contribution in [0.25, 0.3) is 0 Å². The molecule has 0 aliphatic heterocycles. The van der Waals surface area contributed by atoms with E-state index in [2.05, 4.69) is 24.3 Å². The second-order valence-electron chi connectivity index (χ2n) is 4.18. The number of nitrogens with zero attached hydrogens (tertiary/aromatic N) is 2. The van der Waals surface area contributed by atoms with Crippen LogP contribution in [-0.4, -0.2) is 27.5 Å². The first-order valence-electron chi connectivity index (χ1n) is 6.02. The minimum Gasteiger partial charge on any atom is -0.392 e. The number of aliphatic hydroxyl groups excluding tert-OH is 1. The fourth-order valence-electron chi connectivity index (χ4n) is 2.00. The van der Waals surface area contributed by atoms with E-state index in [1.165, 1.54) is 11.3 Å². The van der Waals surface area contributed by atoms with Crippen LogP contribution in [0.3, 0.4) is 0 Å². The van der Waals surface area contributed by atoms with E-state index < -0.39 is 0 Å². The quantitative estimate of drug-likeness (QED) is 0.760. The van der Waals surface area contributed by atoms with Crippen molar-refractivity contribution in [1.82, 2.24) is 15.1 Å². The van der Waals surface area contributed by atoms with E-state index in [1.807, 2.05) is 11.7 Å². The molecular formula is C12H23N3O. The van der Waals surface area contributed by atoms with Gasteiger partial charge in [0.15, 0.2) is 0 Å². The summed E-state index contributed by atoms with van der Waals surface area (Å²) in [5.74, 6) is 0. The van der Waals surface area contributed by atoms with Gasteiger partial charge < -0.3 is 10.4 Å². The number of aliphatic hydroxyl groups is 1. The zero-order valence-corrected chi connectivity index (χ0v) is 10.7. The maximum Gasteiger partial charge on any atom is 0.0669 e. The molecule has 0 unspecified atom stereocenters. The lowest BCUT2D eigenvalue weighted by Crippen LogP contribution is -2.24. The number of aryl methyl sites for hydroxylation is 2. The number of nitrogens with one attached hydrogen (secondary N) is 1. The van der Waals surface area contributed by atoms with Gasteiger partial charge in [0, 0.05) is 31.4 Å². The molecule has 0 aliphatic carbocycles. The molecule has 1 atom stereocenters. The number of rotatable bonds is 6. The van der Waals surface area contributed by atoms with E-state index in [4.69, 9.17) is 0 Å². The van der Waals surface area contributed by atoms with Gasteiger partial charge in [-0.05, 0) is 19.8 Å². The first-order valence-corrected chi connectivity index (χ1v) is 6.02. The Kier molecular flexibility index (Phi) is 4.96. The van der Waals surface area contributed by atoms with Crippen molar-refractivity contribution in [2.45, 2.75) is 46.3 Å². The van der Waals surface area contributed by atoms with Gasteiger partial charge in [-0.1, -0.05) is 13.8 Å². The standard InChI is InChI=1S/C12H23N3O/c1-5-11-10(8-13-7-9(3)16)12(6-2)15(4)14-11/h9,13,16H,5-8H2,1-4H3/t9-/m1/s1. The number of hydrogen-bond acceptors (Lipinski definition) is 3. The van der Waals surface area contributed by atoms with Gasteiger partial charge >= 0.3 is 0 Å². The Hall–Kier alpha value is -0.870. The minimum atomic E-state index is -0.299. The van der Waals surface area contributed by atoms with Gasteiger partial charge in [0.1, 0.15) is 0 Å². The van der Waals surface area contributed by atoms with Crippen LogP contribution in [0.5, 0.6) is 0 Å². The summed E-state index contributed by atoms with van der Waals surface area (Å²) < 4.78 is 1.97. The van der Waals surface area contributed by atoms with Crippen molar-refractivity contribution in [3.05, 3.63) is 17.0 Å². The third kappa shape index (κ3) is 3.06. The highest BCUT2D eigenvalue weighted by molar-refractivity contribution is 5.26. The van der Waals surface area contributed by atoms with Gasteiger partial charge in [0.05, 0.1) is 11.8 Å². The average molecular weight is 225 g/mol. The Labute approximate surface area is 97.7 Å². The van der Waals surface area contributed by atoms with Crippen LogP contribution in [0.1, 0.15) is 37.7 Å². The predicted molar refractivity (Wildman–Crippen MR) is 65.4 cm³/mol. The van der Waals surface area contributed by atoms with E-state index in [0.29, 0.717) is 6.54 Å². The van der Waals surface area contributed by atoms with E-state index in [-0.39, 0.29) is 6.10 Å². The summed E-state index contributed by atoms with van der Waals surface area (Å²) in [6.45, 7) is 7.48. The fourth-order valence-corrected chi connectivity index (χ4v) is 2.00. The molecule has 92 valence electrons. The molecule has 4 heteroatoms. The Bertz CT molecular complexity index is 331. The second-order valence-corrected chi connectivity index (χ2v) is 4.18. The topological polar surface area (TPSA) is 50.1 Å². The zero-order valence-electron chi connectivity index (χ0n) is 10.7. The van der Waals surface area contributed by atoms with Crippen LogP contribution in [-0.2, 0) is 26.4 Å². The Morgan fingerprint density at radius 3 is 2.56 bits per heavy atom. The third-order valence-electron chi connectivity index (χ3n) is 2.77. The molecule has 0 bridgehead atoms. The molecule has 0 spiro atoms. The molecule has 4 nitrogen and oxygen atoms in total. The summed E-state index contributed by atoms with van der Waals surface area (Å²) >= 11 is 0. The molecule has 0 saturated carbocycles. The van der Waals surface area contributed by atoms with Crippen LogP contribution in [0.15, 0.2) is 0 Å². The molecule has 0 aromatic carbocycles. The molecule has 0 radical (unpaired) electrons. The highest BCUT2D eigenvalue weighted by atomic mass is 16.3. The number of hydrogen-bond donors (Lipinski definition) is 2. The highest BCUT2D eigenvalue weighted by Gasteiger charge is 2.12. The van der Waals surface area contributed by atoms with Gasteiger partial charge in [0.25, 0.3) is 0 Å². The van der Waals surface area contributed by atoms with Gasteiger partial charge in [-0.2, -0.15) is 5.10 Å². The van der Waals surface area contributed by atoms with Crippen LogP contribution >= 0.6 is 0 Å². The van der Waals surface area contributed by atoms with Crippen molar-refractivity contribution in [3.8, 4) is 0 Å². The summed E-state index contributed by atoms with van der Waals surface area (Å²) in [6, 6.07) is 0. The molecular weight excluding hydrogens is 202 g/mol. The van der Waals surface area contributed by atoms with Crippen molar-refractivity contribution < 1.29 is 5.11 Å². The number of aromatic nitrogens is 2. The molecule has 2 N–H and O–H groups in total. The van der Waals surface area contributed by atoms with Crippen molar-refractivity contribution in [1.29, 1.82) is 0 Å². The predicted octanol–water partition coefficient (Wildman–Crippen LogP) is 1.02. The average Bonchev–Trinajstić information content (AvgIpc) is 2.54. The first kappa shape index (κ1) is 13.2. The Morgan fingerprint density at radius 1 is 1.38 bits per heavy atom. The van der Waals surface area contributed by atoms with Crippen molar-refractivity contribution in [2.75, 3.05) is 6.54 Å². The van der Waals surface area contributed by atoms with Crippen LogP contribution in [0.2, 0.25) is 0 Å². The largest absolute Gasteiger partial charge is 0.392 e. The lowest BCUT2D eigenvalue weighted by molar-refractivity contribution is 0.191. The lowest BCUT2D eigenvalue weighted by atomic mass is 10.1. The molecule has 1 aromatic heterocycles. The summed E-state index contributed by atoms with van der Waals surface area (Å²) in [6.07, 6.45) is 1.65. The zero-order chi connectivity index (χ0) is 12.1. The van der Waals surface area contributed by atoms with Gasteiger partial charge in [0.2, 0.25) is 0 Å². The van der Waals surface area contributed by atoms with E-state index >= 15 is 0 Å².